The van der Waals surface area contributed by atoms with E-state index in [4.69, 9.17) is 4.74 Å². The van der Waals surface area contributed by atoms with Crippen LogP contribution in [0.1, 0.15) is 27.2 Å². The molecular formula is C9H16O2. The highest BCUT2D eigenvalue weighted by molar-refractivity contribution is 5.65. The first kappa shape index (κ1) is 10.2. The monoisotopic (exact) mass is 156 g/mol. The predicted octanol–water partition coefficient (Wildman–Crippen LogP) is 2.15. The van der Waals surface area contributed by atoms with Crippen LogP contribution in [0.3, 0.4) is 0 Å². The molecule has 0 aliphatic carbocycles. The highest BCUT2D eigenvalue weighted by Crippen LogP contribution is 1.99. The number of ether oxygens (including phenoxy) is 1. The Morgan fingerprint density at radius 1 is 1.45 bits per heavy atom. The van der Waals surface area contributed by atoms with Crippen LogP contribution >= 0.6 is 0 Å². The maximum Gasteiger partial charge on any atom is 0.302 e. The lowest BCUT2D eigenvalue weighted by Crippen LogP contribution is -1.97. The summed E-state index contributed by atoms with van der Waals surface area (Å²) in [5.74, 6) is 0.447. The fourth-order valence-electron chi connectivity index (χ4n) is 0.602. The molecule has 2 nitrogen and oxygen atoms in total. The van der Waals surface area contributed by atoms with E-state index in [1.54, 1.807) is 0 Å². The molecule has 0 radical (unpaired) electrons. The zero-order chi connectivity index (χ0) is 8.69. The number of allylic oxidation sites excluding steroid dienone is 1. The number of hydrogen-bond donors (Lipinski definition) is 0. The van der Waals surface area contributed by atoms with E-state index in [-0.39, 0.29) is 5.97 Å². The number of carbonyl (C=O) groups excluding carboxylic acids is 1. The molecule has 64 valence electrons. The summed E-state index contributed by atoms with van der Waals surface area (Å²) in [7, 11) is 0. The summed E-state index contributed by atoms with van der Waals surface area (Å²) in [6.45, 7) is 6.12. The predicted molar refractivity (Wildman–Crippen MR) is 45.2 cm³/mol. The van der Waals surface area contributed by atoms with Crippen molar-refractivity contribution in [2.24, 2.45) is 5.92 Å². The second-order valence-corrected chi connectivity index (χ2v) is 2.90. The zero-order valence-electron chi connectivity index (χ0n) is 7.46. The Morgan fingerprint density at radius 2 is 2.09 bits per heavy atom. The topological polar surface area (TPSA) is 26.3 Å². The maximum absolute atomic E-state index is 10.3. The Kier molecular flexibility index (Phi) is 5.53. The van der Waals surface area contributed by atoms with Crippen molar-refractivity contribution in [2.45, 2.75) is 27.2 Å². The van der Waals surface area contributed by atoms with Crippen LogP contribution in [-0.4, -0.2) is 12.6 Å². The van der Waals surface area contributed by atoms with Gasteiger partial charge in [-0.3, -0.25) is 4.79 Å². The van der Waals surface area contributed by atoms with Crippen molar-refractivity contribution in [1.29, 1.82) is 0 Å². The smallest absolute Gasteiger partial charge is 0.302 e. The van der Waals surface area contributed by atoms with Gasteiger partial charge in [-0.2, -0.15) is 0 Å². The SMILES string of the molecule is CC(=O)OCC=CCC(C)C. The molecule has 0 amide bonds. The highest BCUT2D eigenvalue weighted by Gasteiger charge is 1.88. The van der Waals surface area contributed by atoms with Gasteiger partial charge < -0.3 is 4.74 Å². The van der Waals surface area contributed by atoms with Crippen LogP contribution in [0.2, 0.25) is 0 Å². The second kappa shape index (κ2) is 5.96. The molecule has 0 unspecified atom stereocenters. The van der Waals surface area contributed by atoms with E-state index in [9.17, 15) is 4.79 Å². The molecule has 0 fully saturated rings. The van der Waals surface area contributed by atoms with E-state index in [1.807, 2.05) is 12.2 Å². The highest BCUT2D eigenvalue weighted by atomic mass is 16.5. The Bertz CT molecular complexity index is 136. The molecule has 0 bridgehead atoms. The summed E-state index contributed by atoms with van der Waals surface area (Å²) in [4.78, 5) is 10.3. The van der Waals surface area contributed by atoms with Crippen LogP contribution in [-0.2, 0) is 9.53 Å². The third-order valence-electron chi connectivity index (χ3n) is 1.16. The van der Waals surface area contributed by atoms with E-state index < -0.39 is 0 Å². The summed E-state index contributed by atoms with van der Waals surface area (Å²) in [6.07, 6.45) is 4.95. The van der Waals surface area contributed by atoms with Crippen molar-refractivity contribution in [3.63, 3.8) is 0 Å². The van der Waals surface area contributed by atoms with Crippen LogP contribution in [0.25, 0.3) is 0 Å². The van der Waals surface area contributed by atoms with Gasteiger partial charge in [0.1, 0.15) is 6.61 Å². The van der Waals surface area contributed by atoms with Crippen molar-refractivity contribution in [1.82, 2.24) is 0 Å². The van der Waals surface area contributed by atoms with Crippen molar-refractivity contribution >= 4 is 5.97 Å². The van der Waals surface area contributed by atoms with Crippen LogP contribution < -0.4 is 0 Å². The number of hydrogen-bond acceptors (Lipinski definition) is 2. The van der Waals surface area contributed by atoms with Crippen LogP contribution in [0, 0.1) is 5.92 Å². The molecule has 0 spiro atoms. The zero-order valence-corrected chi connectivity index (χ0v) is 7.46. The largest absolute Gasteiger partial charge is 0.462 e. The van der Waals surface area contributed by atoms with Crippen LogP contribution in [0.5, 0.6) is 0 Å². The first-order valence-electron chi connectivity index (χ1n) is 3.91. The summed E-state index contributed by atoms with van der Waals surface area (Å²) < 4.78 is 4.70. The molecule has 0 aliphatic rings. The number of carbonyl (C=O) groups is 1. The Morgan fingerprint density at radius 3 is 2.55 bits per heavy atom. The Balaban J connectivity index is 3.23. The summed E-state index contributed by atoms with van der Waals surface area (Å²) >= 11 is 0. The third-order valence-corrected chi connectivity index (χ3v) is 1.16. The van der Waals surface area contributed by atoms with Crippen LogP contribution in [0.4, 0.5) is 0 Å². The van der Waals surface area contributed by atoms with Gasteiger partial charge in [0.25, 0.3) is 0 Å². The first-order valence-corrected chi connectivity index (χ1v) is 3.91. The fourth-order valence-corrected chi connectivity index (χ4v) is 0.602. The Hall–Kier alpha value is -0.790. The second-order valence-electron chi connectivity index (χ2n) is 2.90. The quantitative estimate of drug-likeness (QED) is 0.460. The molecule has 0 saturated carbocycles. The maximum atomic E-state index is 10.3. The van der Waals surface area contributed by atoms with Gasteiger partial charge >= 0.3 is 5.97 Å². The molecule has 2 heteroatoms. The number of rotatable bonds is 4. The van der Waals surface area contributed by atoms with Crippen molar-refractivity contribution in [3.05, 3.63) is 12.2 Å². The molecule has 0 heterocycles. The lowest BCUT2D eigenvalue weighted by molar-refractivity contribution is -0.139. The van der Waals surface area contributed by atoms with E-state index >= 15 is 0 Å². The average Bonchev–Trinajstić information content (AvgIpc) is 1.85. The minimum absolute atomic E-state index is 0.223. The minimum atomic E-state index is -0.223. The van der Waals surface area contributed by atoms with E-state index in [0.717, 1.165) is 6.42 Å². The Labute approximate surface area is 68.2 Å². The van der Waals surface area contributed by atoms with Gasteiger partial charge in [-0.1, -0.05) is 26.0 Å². The molecule has 0 aromatic heterocycles. The lowest BCUT2D eigenvalue weighted by Gasteiger charge is -1.97. The molecule has 0 aromatic carbocycles. The molecule has 0 rings (SSSR count). The van der Waals surface area contributed by atoms with Crippen LogP contribution in [0.15, 0.2) is 12.2 Å². The minimum Gasteiger partial charge on any atom is -0.462 e. The van der Waals surface area contributed by atoms with Crippen molar-refractivity contribution < 1.29 is 9.53 Å². The average molecular weight is 156 g/mol. The van der Waals surface area contributed by atoms with E-state index in [1.165, 1.54) is 6.92 Å². The van der Waals surface area contributed by atoms with Gasteiger partial charge in [0.05, 0.1) is 0 Å². The summed E-state index contributed by atoms with van der Waals surface area (Å²) in [5.41, 5.74) is 0. The molecule has 0 N–H and O–H groups in total. The van der Waals surface area contributed by atoms with E-state index in [0.29, 0.717) is 12.5 Å². The van der Waals surface area contributed by atoms with E-state index in [2.05, 4.69) is 13.8 Å². The molecule has 0 aromatic rings. The number of esters is 1. The molecule has 0 aliphatic heterocycles. The van der Waals surface area contributed by atoms with Gasteiger partial charge in [0.2, 0.25) is 0 Å². The third kappa shape index (κ3) is 9.21. The fraction of sp³-hybridized carbons (Fsp3) is 0.667. The summed E-state index contributed by atoms with van der Waals surface area (Å²) in [5, 5.41) is 0. The molecular weight excluding hydrogens is 140 g/mol. The standard InChI is InChI=1S/C9H16O2/c1-8(2)6-4-5-7-11-9(3)10/h4-5,8H,6-7H2,1-3H3. The molecule has 0 atom stereocenters. The van der Waals surface area contributed by atoms with Gasteiger partial charge in [-0.15, -0.1) is 0 Å². The molecule has 0 saturated heterocycles. The molecule has 11 heavy (non-hydrogen) atoms. The van der Waals surface area contributed by atoms with Gasteiger partial charge in [-0.25, -0.2) is 0 Å². The van der Waals surface area contributed by atoms with Crippen molar-refractivity contribution in [2.75, 3.05) is 6.61 Å². The first-order chi connectivity index (χ1) is 5.13. The summed E-state index contributed by atoms with van der Waals surface area (Å²) in [6, 6.07) is 0. The van der Waals surface area contributed by atoms with Gasteiger partial charge in [0, 0.05) is 6.92 Å². The normalized spacial score (nSPS) is 10.9. The van der Waals surface area contributed by atoms with Gasteiger partial charge in [0.15, 0.2) is 0 Å². The van der Waals surface area contributed by atoms with Crippen molar-refractivity contribution in [3.8, 4) is 0 Å². The lowest BCUT2D eigenvalue weighted by atomic mass is 10.1. The van der Waals surface area contributed by atoms with Gasteiger partial charge in [-0.05, 0) is 12.3 Å².